The van der Waals surface area contributed by atoms with Crippen LogP contribution in [0.2, 0.25) is 0 Å². The number of anilines is 1. The third-order valence-corrected chi connectivity index (χ3v) is 4.43. The van der Waals surface area contributed by atoms with Gasteiger partial charge in [0.1, 0.15) is 12.4 Å². The van der Waals surface area contributed by atoms with Crippen LogP contribution >= 0.6 is 15.9 Å². The van der Waals surface area contributed by atoms with Gasteiger partial charge in [-0.05, 0) is 46.7 Å². The van der Waals surface area contributed by atoms with Gasteiger partial charge >= 0.3 is 0 Å². The first-order chi connectivity index (χ1) is 12.7. The van der Waals surface area contributed by atoms with Crippen molar-refractivity contribution in [3.8, 4) is 5.75 Å². The summed E-state index contributed by atoms with van der Waals surface area (Å²) in [7, 11) is 0. The monoisotopic (exact) mass is 413 g/mol. The van der Waals surface area contributed by atoms with Crippen LogP contribution in [0.15, 0.2) is 59.6 Å². The van der Waals surface area contributed by atoms with Gasteiger partial charge in [-0.2, -0.15) is 0 Å². The zero-order valence-corrected chi connectivity index (χ0v) is 16.1. The van der Waals surface area contributed by atoms with Gasteiger partial charge in [-0.3, -0.25) is 0 Å². The lowest BCUT2D eigenvalue weighted by Crippen LogP contribution is -2.09. The van der Waals surface area contributed by atoms with Gasteiger partial charge in [0, 0.05) is 16.6 Å². The number of tetrazole rings is 1. The summed E-state index contributed by atoms with van der Waals surface area (Å²) < 4.78 is 8.71. The van der Waals surface area contributed by atoms with Crippen LogP contribution in [0.25, 0.3) is 0 Å². The van der Waals surface area contributed by atoms with Crippen molar-refractivity contribution >= 4 is 21.9 Å². The number of hydrogen-bond acceptors (Lipinski definition) is 5. The molecule has 0 aliphatic carbocycles. The molecule has 0 aliphatic rings. The van der Waals surface area contributed by atoms with Gasteiger partial charge in [0.15, 0.2) is 0 Å². The maximum atomic E-state index is 6.07. The normalized spacial score (nSPS) is 10.5. The van der Waals surface area contributed by atoms with Crippen LogP contribution in [0.5, 0.6) is 5.75 Å². The van der Waals surface area contributed by atoms with Crippen molar-refractivity contribution in [1.82, 2.24) is 20.2 Å². The van der Waals surface area contributed by atoms with Gasteiger partial charge in [-0.1, -0.05) is 51.4 Å². The molecule has 0 spiro atoms. The van der Waals surface area contributed by atoms with E-state index in [-0.39, 0.29) is 0 Å². The first-order valence-corrected chi connectivity index (χ1v) is 9.03. The molecule has 1 N–H and O–H groups in total. The smallest absolute Gasteiger partial charge is 0.243 e. The quantitative estimate of drug-likeness (QED) is 0.562. The fourth-order valence-electron chi connectivity index (χ4n) is 2.51. The number of nitrogens with zero attached hydrogens (tertiary/aromatic N) is 4. The number of ether oxygens (including phenoxy) is 1. The molecule has 0 fully saturated rings. The largest absolute Gasteiger partial charge is 0.489 e. The maximum absolute atomic E-state index is 6.07. The van der Waals surface area contributed by atoms with E-state index >= 15 is 0 Å². The molecule has 0 aliphatic heterocycles. The summed E-state index contributed by atoms with van der Waals surface area (Å²) in [6.45, 7) is 7.41. The molecular weight excluding hydrogens is 394 g/mol. The third kappa shape index (κ3) is 4.49. The summed E-state index contributed by atoms with van der Waals surface area (Å²) in [6.07, 6.45) is 1.75. The fourth-order valence-corrected chi connectivity index (χ4v) is 2.91. The van der Waals surface area contributed by atoms with Gasteiger partial charge < -0.3 is 10.1 Å². The molecule has 2 aromatic carbocycles. The zero-order valence-electron chi connectivity index (χ0n) is 14.5. The molecular formula is C19H20BrN5O. The minimum atomic E-state index is 0.523. The Morgan fingerprint density at radius 1 is 1.23 bits per heavy atom. The molecule has 0 amide bonds. The zero-order chi connectivity index (χ0) is 18.4. The van der Waals surface area contributed by atoms with Crippen molar-refractivity contribution in [3.63, 3.8) is 0 Å². The Morgan fingerprint density at radius 3 is 2.88 bits per heavy atom. The lowest BCUT2D eigenvalue weighted by atomic mass is 10.1. The summed E-state index contributed by atoms with van der Waals surface area (Å²) in [4.78, 5) is 0. The Kier molecular flexibility index (Phi) is 6.01. The summed E-state index contributed by atoms with van der Waals surface area (Å²) in [6, 6.07) is 14.2. The van der Waals surface area contributed by atoms with E-state index in [4.69, 9.17) is 4.74 Å². The van der Waals surface area contributed by atoms with E-state index in [1.807, 2.05) is 30.3 Å². The second-order valence-electron chi connectivity index (χ2n) is 5.79. The molecule has 1 heterocycles. The lowest BCUT2D eigenvalue weighted by Gasteiger charge is -2.14. The highest BCUT2D eigenvalue weighted by atomic mass is 79.9. The van der Waals surface area contributed by atoms with Crippen molar-refractivity contribution in [2.75, 3.05) is 5.32 Å². The Labute approximate surface area is 161 Å². The molecule has 0 saturated heterocycles. The van der Waals surface area contributed by atoms with Crippen LogP contribution in [0, 0.1) is 6.92 Å². The average Bonchev–Trinajstić information content (AvgIpc) is 3.08. The lowest BCUT2D eigenvalue weighted by molar-refractivity contribution is 0.302. The number of aromatic nitrogens is 4. The highest BCUT2D eigenvalue weighted by molar-refractivity contribution is 9.10. The highest BCUT2D eigenvalue weighted by Gasteiger charge is 2.09. The van der Waals surface area contributed by atoms with Crippen molar-refractivity contribution in [2.24, 2.45) is 0 Å². The van der Waals surface area contributed by atoms with Gasteiger partial charge in [0.2, 0.25) is 5.95 Å². The minimum absolute atomic E-state index is 0.523. The molecule has 0 atom stereocenters. The molecule has 6 nitrogen and oxygen atoms in total. The summed E-state index contributed by atoms with van der Waals surface area (Å²) >= 11 is 3.52. The van der Waals surface area contributed by atoms with Crippen LogP contribution < -0.4 is 10.1 Å². The number of rotatable bonds is 8. The Hall–Kier alpha value is -2.67. The predicted molar refractivity (Wildman–Crippen MR) is 105 cm³/mol. The van der Waals surface area contributed by atoms with Crippen LogP contribution in [0.1, 0.15) is 16.7 Å². The number of allylic oxidation sites excluding steroid dienone is 1. The van der Waals surface area contributed by atoms with E-state index in [1.165, 1.54) is 11.1 Å². The Balaban J connectivity index is 1.72. The maximum Gasteiger partial charge on any atom is 0.243 e. The predicted octanol–water partition coefficient (Wildman–Crippen LogP) is 4.12. The van der Waals surface area contributed by atoms with E-state index in [0.29, 0.717) is 25.6 Å². The second kappa shape index (κ2) is 8.62. The molecule has 0 radical (unpaired) electrons. The van der Waals surface area contributed by atoms with Gasteiger partial charge in [-0.25, -0.2) is 4.68 Å². The number of benzene rings is 2. The molecule has 0 unspecified atom stereocenters. The van der Waals surface area contributed by atoms with E-state index in [9.17, 15) is 0 Å². The van der Waals surface area contributed by atoms with Crippen LogP contribution in [-0.4, -0.2) is 20.2 Å². The molecule has 134 valence electrons. The molecule has 3 aromatic rings. The third-order valence-electron chi connectivity index (χ3n) is 3.94. The molecule has 26 heavy (non-hydrogen) atoms. The molecule has 0 saturated carbocycles. The summed E-state index contributed by atoms with van der Waals surface area (Å²) in [5.41, 5.74) is 3.40. The van der Waals surface area contributed by atoms with Crippen LogP contribution in [0.3, 0.4) is 0 Å². The first kappa shape index (κ1) is 18.1. The van der Waals surface area contributed by atoms with Gasteiger partial charge in [0.05, 0.1) is 6.54 Å². The standard InChI is InChI=1S/C19H20BrN5O/c1-3-10-25-19(22-23-24-25)21-12-16-11-17(20)8-9-18(16)26-13-15-7-5-4-6-14(15)2/h3-9,11H,1,10,12-13H2,2H3,(H,21,22,24). The topological polar surface area (TPSA) is 64.9 Å². The SMILES string of the molecule is C=CCn1nnnc1NCc1cc(Br)ccc1OCc1ccccc1C. The number of halogens is 1. The minimum Gasteiger partial charge on any atom is -0.489 e. The summed E-state index contributed by atoms with van der Waals surface area (Å²) in [5, 5.41) is 14.9. The van der Waals surface area contributed by atoms with E-state index in [2.05, 4.69) is 62.4 Å². The Bertz CT molecular complexity index is 893. The van der Waals surface area contributed by atoms with E-state index in [1.54, 1.807) is 10.8 Å². The Morgan fingerprint density at radius 2 is 2.08 bits per heavy atom. The number of hydrogen-bond donors (Lipinski definition) is 1. The van der Waals surface area contributed by atoms with Crippen molar-refractivity contribution < 1.29 is 4.74 Å². The van der Waals surface area contributed by atoms with Crippen LogP contribution in [0.4, 0.5) is 5.95 Å². The molecule has 0 bridgehead atoms. The van der Waals surface area contributed by atoms with E-state index in [0.717, 1.165) is 15.8 Å². The molecule has 3 rings (SSSR count). The second-order valence-corrected chi connectivity index (χ2v) is 6.71. The van der Waals surface area contributed by atoms with E-state index < -0.39 is 0 Å². The van der Waals surface area contributed by atoms with Crippen molar-refractivity contribution in [1.29, 1.82) is 0 Å². The van der Waals surface area contributed by atoms with Crippen molar-refractivity contribution in [3.05, 3.63) is 76.3 Å². The van der Waals surface area contributed by atoms with Gasteiger partial charge in [0.25, 0.3) is 0 Å². The molecule has 7 heteroatoms. The first-order valence-electron chi connectivity index (χ1n) is 8.24. The summed E-state index contributed by atoms with van der Waals surface area (Å²) in [5.74, 6) is 1.42. The van der Waals surface area contributed by atoms with Crippen molar-refractivity contribution in [2.45, 2.75) is 26.6 Å². The van der Waals surface area contributed by atoms with Crippen LogP contribution in [-0.2, 0) is 19.7 Å². The molecule has 1 aromatic heterocycles. The highest BCUT2D eigenvalue weighted by Crippen LogP contribution is 2.25. The van der Waals surface area contributed by atoms with Gasteiger partial charge in [-0.15, -0.1) is 6.58 Å². The average molecular weight is 414 g/mol. The fraction of sp³-hybridized carbons (Fsp3) is 0.211. The number of aryl methyl sites for hydroxylation is 1. The number of nitrogens with one attached hydrogen (secondary N) is 1.